The van der Waals surface area contributed by atoms with Crippen LogP contribution in [0, 0.1) is 5.82 Å². The van der Waals surface area contributed by atoms with E-state index in [4.69, 9.17) is 16.0 Å². The molecule has 4 aromatic rings. The maximum Gasteiger partial charge on any atom is 0.256 e. The largest absolute Gasteiger partial charge is 0.436 e. The summed E-state index contributed by atoms with van der Waals surface area (Å²) in [5.41, 5.74) is 2.25. The summed E-state index contributed by atoms with van der Waals surface area (Å²) in [6.07, 6.45) is 1.55. The molecule has 0 aliphatic heterocycles. The van der Waals surface area contributed by atoms with Crippen molar-refractivity contribution in [1.29, 1.82) is 0 Å². The highest BCUT2D eigenvalue weighted by molar-refractivity contribution is 6.31. The van der Waals surface area contributed by atoms with Gasteiger partial charge in [-0.05, 0) is 54.6 Å². The van der Waals surface area contributed by atoms with E-state index in [0.717, 1.165) is 0 Å². The fraction of sp³-hybridized carbons (Fsp3) is 0. The van der Waals surface area contributed by atoms with Gasteiger partial charge in [-0.3, -0.25) is 4.79 Å². The Labute approximate surface area is 165 Å². The van der Waals surface area contributed by atoms with Crippen LogP contribution in [0.4, 0.5) is 10.1 Å². The Bertz CT molecular complexity index is 1140. The highest BCUT2D eigenvalue weighted by Gasteiger charge is 2.17. The first-order valence-corrected chi connectivity index (χ1v) is 8.86. The third kappa shape index (κ3) is 3.80. The molecule has 0 spiro atoms. The minimum Gasteiger partial charge on any atom is -0.436 e. The van der Waals surface area contributed by atoms with Crippen LogP contribution in [0.3, 0.4) is 0 Å². The number of halogens is 2. The molecular weight excluding hydrogens is 379 g/mol. The minimum atomic E-state index is -0.327. The van der Waals surface area contributed by atoms with Crippen LogP contribution in [-0.2, 0) is 0 Å². The quantitative estimate of drug-likeness (QED) is 0.459. The molecule has 1 amide bonds. The lowest BCUT2D eigenvalue weighted by Gasteiger charge is -2.08. The minimum absolute atomic E-state index is 0.302. The Kier molecular flexibility index (Phi) is 4.91. The molecule has 3 aromatic carbocycles. The smallest absolute Gasteiger partial charge is 0.256 e. The second-order valence-electron chi connectivity index (χ2n) is 6.05. The summed E-state index contributed by atoms with van der Waals surface area (Å²) in [7, 11) is 0. The average Bonchev–Trinajstić information content (AvgIpc) is 3.18. The standard InChI is InChI=1S/C22H14ClFN2O2/c23-15-4-3-5-17(12-15)26-21(27)18-6-1-2-7-19(18)22-25-13-20(28-22)14-8-10-16(24)11-9-14/h1-13H,(H,26,27). The first-order chi connectivity index (χ1) is 13.6. The summed E-state index contributed by atoms with van der Waals surface area (Å²) in [5, 5.41) is 3.35. The fourth-order valence-electron chi connectivity index (χ4n) is 2.78. The van der Waals surface area contributed by atoms with E-state index < -0.39 is 0 Å². The molecule has 0 fully saturated rings. The molecule has 0 unspecified atom stereocenters. The number of nitrogens with one attached hydrogen (secondary N) is 1. The maximum atomic E-state index is 13.1. The molecule has 1 aromatic heterocycles. The Morgan fingerprint density at radius 3 is 2.57 bits per heavy atom. The number of hydrogen-bond acceptors (Lipinski definition) is 3. The SMILES string of the molecule is O=C(Nc1cccc(Cl)c1)c1ccccc1-c1ncc(-c2ccc(F)cc2)o1. The summed E-state index contributed by atoms with van der Waals surface area (Å²) in [6.45, 7) is 0. The van der Waals surface area contributed by atoms with E-state index in [-0.39, 0.29) is 11.7 Å². The fourth-order valence-corrected chi connectivity index (χ4v) is 2.97. The zero-order valence-electron chi connectivity index (χ0n) is 14.5. The van der Waals surface area contributed by atoms with Gasteiger partial charge in [0, 0.05) is 21.8 Å². The summed E-state index contributed by atoms with van der Waals surface area (Å²) in [6, 6.07) is 19.8. The number of amides is 1. The highest BCUT2D eigenvalue weighted by atomic mass is 35.5. The van der Waals surface area contributed by atoms with E-state index in [2.05, 4.69) is 10.3 Å². The molecule has 4 rings (SSSR count). The van der Waals surface area contributed by atoms with Crippen LogP contribution >= 0.6 is 11.6 Å². The summed E-state index contributed by atoms with van der Waals surface area (Å²) < 4.78 is 18.9. The molecule has 1 heterocycles. The monoisotopic (exact) mass is 392 g/mol. The highest BCUT2D eigenvalue weighted by Crippen LogP contribution is 2.29. The van der Waals surface area contributed by atoms with Gasteiger partial charge < -0.3 is 9.73 Å². The second-order valence-corrected chi connectivity index (χ2v) is 6.48. The first kappa shape index (κ1) is 17.9. The third-order valence-electron chi connectivity index (χ3n) is 4.12. The van der Waals surface area contributed by atoms with Crippen molar-refractivity contribution in [2.45, 2.75) is 0 Å². The Morgan fingerprint density at radius 1 is 1.00 bits per heavy atom. The zero-order valence-corrected chi connectivity index (χ0v) is 15.3. The van der Waals surface area contributed by atoms with Gasteiger partial charge in [0.25, 0.3) is 5.91 Å². The molecule has 1 N–H and O–H groups in total. The molecule has 0 saturated heterocycles. The molecular formula is C22H14ClFN2O2. The van der Waals surface area contributed by atoms with Crippen molar-refractivity contribution in [3.05, 3.63) is 95.4 Å². The van der Waals surface area contributed by atoms with Crippen molar-refractivity contribution in [2.75, 3.05) is 5.32 Å². The number of carbonyl (C=O) groups excluding carboxylic acids is 1. The van der Waals surface area contributed by atoms with Crippen molar-refractivity contribution in [3.63, 3.8) is 0 Å². The number of oxazole rings is 1. The number of nitrogens with zero attached hydrogens (tertiary/aromatic N) is 1. The lowest BCUT2D eigenvalue weighted by atomic mass is 10.1. The van der Waals surface area contributed by atoms with Crippen molar-refractivity contribution in [3.8, 4) is 22.8 Å². The van der Waals surface area contributed by atoms with E-state index >= 15 is 0 Å². The normalized spacial score (nSPS) is 10.6. The van der Waals surface area contributed by atoms with E-state index in [0.29, 0.717) is 39.1 Å². The predicted octanol–water partition coefficient (Wildman–Crippen LogP) is 6.05. The first-order valence-electron chi connectivity index (χ1n) is 8.48. The molecule has 28 heavy (non-hydrogen) atoms. The van der Waals surface area contributed by atoms with E-state index in [1.807, 2.05) is 0 Å². The maximum absolute atomic E-state index is 13.1. The molecule has 4 nitrogen and oxygen atoms in total. The van der Waals surface area contributed by atoms with Gasteiger partial charge in [-0.15, -0.1) is 0 Å². The summed E-state index contributed by atoms with van der Waals surface area (Å²) in [4.78, 5) is 17.1. The van der Waals surface area contributed by atoms with Crippen LogP contribution < -0.4 is 5.32 Å². The number of aromatic nitrogens is 1. The topological polar surface area (TPSA) is 55.1 Å². The molecule has 0 bridgehead atoms. The van der Waals surface area contributed by atoms with Gasteiger partial charge in [0.1, 0.15) is 5.82 Å². The Hall–Kier alpha value is -3.44. The third-order valence-corrected chi connectivity index (χ3v) is 4.35. The van der Waals surface area contributed by atoms with Crippen molar-refractivity contribution in [1.82, 2.24) is 4.98 Å². The van der Waals surface area contributed by atoms with Gasteiger partial charge in [0.15, 0.2) is 5.76 Å². The van der Waals surface area contributed by atoms with Crippen LogP contribution in [0.1, 0.15) is 10.4 Å². The lowest BCUT2D eigenvalue weighted by Crippen LogP contribution is -2.13. The summed E-state index contributed by atoms with van der Waals surface area (Å²) in [5.74, 6) is 0.155. The van der Waals surface area contributed by atoms with Crippen molar-refractivity contribution in [2.24, 2.45) is 0 Å². The van der Waals surface area contributed by atoms with Crippen LogP contribution in [0.5, 0.6) is 0 Å². The molecule has 0 saturated carbocycles. The van der Waals surface area contributed by atoms with Gasteiger partial charge in [0.2, 0.25) is 5.89 Å². The van der Waals surface area contributed by atoms with Gasteiger partial charge in [-0.1, -0.05) is 29.8 Å². The van der Waals surface area contributed by atoms with Gasteiger partial charge in [-0.25, -0.2) is 9.37 Å². The Balaban J connectivity index is 1.65. The summed E-state index contributed by atoms with van der Waals surface area (Å²) >= 11 is 5.97. The molecule has 0 aliphatic carbocycles. The molecule has 0 aliphatic rings. The van der Waals surface area contributed by atoms with E-state index in [1.165, 1.54) is 12.1 Å². The second kappa shape index (κ2) is 7.66. The number of carbonyl (C=O) groups is 1. The molecule has 6 heteroatoms. The molecule has 0 atom stereocenters. The van der Waals surface area contributed by atoms with E-state index in [9.17, 15) is 9.18 Å². The lowest BCUT2D eigenvalue weighted by molar-refractivity contribution is 0.102. The Morgan fingerprint density at radius 2 is 1.79 bits per heavy atom. The van der Waals surface area contributed by atoms with Crippen LogP contribution in [0.2, 0.25) is 5.02 Å². The number of anilines is 1. The number of benzene rings is 3. The zero-order chi connectivity index (χ0) is 19.5. The van der Waals surface area contributed by atoms with Crippen LogP contribution in [0.15, 0.2) is 83.4 Å². The van der Waals surface area contributed by atoms with Crippen LogP contribution in [-0.4, -0.2) is 10.9 Å². The number of rotatable bonds is 4. The van der Waals surface area contributed by atoms with Gasteiger partial charge in [0.05, 0.1) is 11.8 Å². The van der Waals surface area contributed by atoms with Crippen molar-refractivity contribution < 1.29 is 13.6 Å². The van der Waals surface area contributed by atoms with Crippen LogP contribution in [0.25, 0.3) is 22.8 Å². The predicted molar refractivity (Wildman–Crippen MR) is 107 cm³/mol. The van der Waals surface area contributed by atoms with E-state index in [1.54, 1.807) is 66.9 Å². The van der Waals surface area contributed by atoms with Crippen molar-refractivity contribution >= 4 is 23.2 Å². The molecule has 0 radical (unpaired) electrons. The van der Waals surface area contributed by atoms with Gasteiger partial charge >= 0.3 is 0 Å². The molecule has 138 valence electrons. The number of hydrogen-bond donors (Lipinski definition) is 1. The van der Waals surface area contributed by atoms with Gasteiger partial charge in [-0.2, -0.15) is 0 Å². The average molecular weight is 393 g/mol.